The SMILES string of the molecule is CCCCCCC/C=C\C/C=C\CCCCCCCCCCCCCC(=O)OC(CO)COC(=O)CCCCCCCC. The standard InChI is InChI=1S/C38H70O5/c1-3-5-7-9-11-12-13-14-15-16-17-18-19-20-21-22-23-24-25-26-27-29-31-33-38(41)43-36(34-39)35-42-37(40)32-30-28-10-8-6-4-2/h13-14,16-17,36,39H,3-12,15,18-35H2,1-2H3/b14-13-,17-16-. The molecule has 0 spiro atoms. The van der Waals surface area contributed by atoms with E-state index in [-0.39, 0.29) is 25.2 Å². The van der Waals surface area contributed by atoms with Gasteiger partial charge in [0.2, 0.25) is 0 Å². The number of ether oxygens (including phenoxy) is 2. The predicted molar refractivity (Wildman–Crippen MR) is 182 cm³/mol. The number of carbonyl (C=O) groups excluding carboxylic acids is 2. The van der Waals surface area contributed by atoms with Crippen molar-refractivity contribution in [1.29, 1.82) is 0 Å². The number of aliphatic hydroxyl groups is 1. The fraction of sp³-hybridized carbons (Fsp3) is 0.842. The van der Waals surface area contributed by atoms with Gasteiger partial charge in [0, 0.05) is 12.8 Å². The van der Waals surface area contributed by atoms with E-state index in [0.29, 0.717) is 12.8 Å². The maximum atomic E-state index is 12.1. The summed E-state index contributed by atoms with van der Waals surface area (Å²) in [5.41, 5.74) is 0. The minimum Gasteiger partial charge on any atom is -0.462 e. The first kappa shape index (κ1) is 41.4. The predicted octanol–water partition coefficient (Wildman–Crippen LogP) is 11.1. The number of hydrogen-bond acceptors (Lipinski definition) is 5. The molecule has 252 valence electrons. The van der Waals surface area contributed by atoms with E-state index in [1.807, 2.05) is 0 Å². The van der Waals surface area contributed by atoms with Crippen LogP contribution in [0.2, 0.25) is 0 Å². The average Bonchev–Trinajstić information content (AvgIpc) is 3.01. The van der Waals surface area contributed by atoms with Gasteiger partial charge in [-0.05, 0) is 44.9 Å². The lowest BCUT2D eigenvalue weighted by molar-refractivity contribution is -0.161. The summed E-state index contributed by atoms with van der Waals surface area (Å²) in [5.74, 6) is -0.600. The van der Waals surface area contributed by atoms with Gasteiger partial charge in [-0.15, -0.1) is 0 Å². The first-order valence-electron chi connectivity index (χ1n) is 18.4. The molecule has 0 saturated carbocycles. The molecule has 0 aliphatic rings. The molecule has 1 atom stereocenters. The van der Waals surface area contributed by atoms with Crippen molar-refractivity contribution < 1.29 is 24.2 Å². The minimum atomic E-state index is -0.764. The van der Waals surface area contributed by atoms with Crippen LogP contribution in [0.1, 0.15) is 187 Å². The molecule has 0 aromatic heterocycles. The number of hydrogen-bond donors (Lipinski definition) is 1. The highest BCUT2D eigenvalue weighted by atomic mass is 16.6. The molecule has 0 aliphatic heterocycles. The third-order valence-electron chi connectivity index (χ3n) is 8.00. The Morgan fingerprint density at radius 3 is 1.37 bits per heavy atom. The van der Waals surface area contributed by atoms with Crippen LogP contribution in [-0.4, -0.2) is 36.4 Å². The van der Waals surface area contributed by atoms with E-state index in [4.69, 9.17) is 9.47 Å². The molecule has 5 heteroatoms. The fourth-order valence-electron chi connectivity index (χ4n) is 5.17. The molecule has 0 radical (unpaired) electrons. The van der Waals surface area contributed by atoms with Crippen molar-refractivity contribution >= 4 is 11.9 Å². The lowest BCUT2D eigenvalue weighted by Gasteiger charge is -2.15. The zero-order chi connectivity index (χ0) is 31.5. The van der Waals surface area contributed by atoms with Crippen LogP contribution in [0.25, 0.3) is 0 Å². The second-order valence-corrected chi connectivity index (χ2v) is 12.3. The van der Waals surface area contributed by atoms with Gasteiger partial charge in [0.25, 0.3) is 0 Å². The molecular weight excluding hydrogens is 536 g/mol. The van der Waals surface area contributed by atoms with E-state index < -0.39 is 6.10 Å². The van der Waals surface area contributed by atoms with Crippen molar-refractivity contribution in [2.24, 2.45) is 0 Å². The Bertz CT molecular complexity index is 657. The van der Waals surface area contributed by atoms with Crippen LogP contribution < -0.4 is 0 Å². The normalized spacial score (nSPS) is 12.3. The largest absolute Gasteiger partial charge is 0.462 e. The fourth-order valence-corrected chi connectivity index (χ4v) is 5.17. The van der Waals surface area contributed by atoms with Crippen molar-refractivity contribution in [2.75, 3.05) is 13.2 Å². The molecule has 0 rings (SSSR count). The minimum absolute atomic E-state index is 0.0643. The third-order valence-corrected chi connectivity index (χ3v) is 8.00. The van der Waals surface area contributed by atoms with E-state index in [1.165, 1.54) is 116 Å². The summed E-state index contributed by atoms with van der Waals surface area (Å²) in [6, 6.07) is 0. The van der Waals surface area contributed by atoms with Crippen molar-refractivity contribution in [3.8, 4) is 0 Å². The molecule has 0 fully saturated rings. The summed E-state index contributed by atoms with van der Waals surface area (Å²) < 4.78 is 10.5. The van der Waals surface area contributed by atoms with E-state index in [2.05, 4.69) is 38.2 Å². The van der Waals surface area contributed by atoms with Gasteiger partial charge in [0.1, 0.15) is 6.61 Å². The first-order chi connectivity index (χ1) is 21.1. The van der Waals surface area contributed by atoms with Crippen LogP contribution in [0.5, 0.6) is 0 Å². The Hall–Kier alpha value is -1.62. The van der Waals surface area contributed by atoms with Gasteiger partial charge in [-0.2, -0.15) is 0 Å². The summed E-state index contributed by atoms with van der Waals surface area (Å²) in [5, 5.41) is 9.47. The van der Waals surface area contributed by atoms with Crippen LogP contribution in [0.4, 0.5) is 0 Å². The molecule has 0 aromatic rings. The van der Waals surface area contributed by atoms with Gasteiger partial charge < -0.3 is 14.6 Å². The van der Waals surface area contributed by atoms with Gasteiger partial charge in [-0.25, -0.2) is 0 Å². The van der Waals surface area contributed by atoms with Gasteiger partial charge in [0.05, 0.1) is 6.61 Å². The van der Waals surface area contributed by atoms with Crippen molar-refractivity contribution in [3.05, 3.63) is 24.3 Å². The highest BCUT2D eigenvalue weighted by Gasteiger charge is 2.16. The molecular formula is C38H70O5. The van der Waals surface area contributed by atoms with Crippen LogP contribution in [0.15, 0.2) is 24.3 Å². The molecule has 0 heterocycles. The van der Waals surface area contributed by atoms with Crippen LogP contribution in [0.3, 0.4) is 0 Å². The Morgan fingerprint density at radius 2 is 0.930 bits per heavy atom. The second kappa shape index (κ2) is 34.9. The first-order valence-corrected chi connectivity index (χ1v) is 18.4. The molecule has 1 unspecified atom stereocenters. The Morgan fingerprint density at radius 1 is 0.535 bits per heavy atom. The highest BCUT2D eigenvalue weighted by Crippen LogP contribution is 2.14. The lowest BCUT2D eigenvalue weighted by Crippen LogP contribution is -2.28. The summed E-state index contributed by atoms with van der Waals surface area (Å²) >= 11 is 0. The number of aliphatic hydroxyl groups excluding tert-OH is 1. The van der Waals surface area contributed by atoms with Gasteiger partial charge in [-0.3, -0.25) is 9.59 Å². The number of esters is 2. The van der Waals surface area contributed by atoms with Gasteiger partial charge in [0.15, 0.2) is 6.10 Å². The molecule has 0 aromatic carbocycles. The zero-order valence-corrected chi connectivity index (χ0v) is 28.5. The number of carbonyl (C=O) groups is 2. The summed E-state index contributed by atoms with van der Waals surface area (Å²) in [6.07, 6.45) is 39.8. The Balaban J connectivity index is 3.47. The molecule has 5 nitrogen and oxygen atoms in total. The van der Waals surface area contributed by atoms with Crippen LogP contribution in [-0.2, 0) is 19.1 Å². The Kier molecular flexibility index (Phi) is 33.6. The number of unbranched alkanes of at least 4 members (excludes halogenated alkanes) is 21. The Labute approximate surface area is 266 Å². The van der Waals surface area contributed by atoms with Crippen molar-refractivity contribution in [3.63, 3.8) is 0 Å². The van der Waals surface area contributed by atoms with Crippen LogP contribution in [0, 0.1) is 0 Å². The molecule has 0 bridgehead atoms. The highest BCUT2D eigenvalue weighted by molar-refractivity contribution is 5.70. The molecule has 0 saturated heterocycles. The summed E-state index contributed by atoms with van der Waals surface area (Å²) in [4.78, 5) is 24.0. The van der Waals surface area contributed by atoms with Crippen molar-refractivity contribution in [2.45, 2.75) is 193 Å². The number of rotatable bonds is 33. The quantitative estimate of drug-likeness (QED) is 0.0457. The summed E-state index contributed by atoms with van der Waals surface area (Å²) in [7, 11) is 0. The maximum absolute atomic E-state index is 12.1. The molecule has 0 amide bonds. The van der Waals surface area contributed by atoms with Gasteiger partial charge in [-0.1, -0.05) is 154 Å². The van der Waals surface area contributed by atoms with E-state index in [1.54, 1.807) is 0 Å². The van der Waals surface area contributed by atoms with Crippen molar-refractivity contribution in [1.82, 2.24) is 0 Å². The molecule has 1 N–H and O–H groups in total. The van der Waals surface area contributed by atoms with E-state index in [9.17, 15) is 14.7 Å². The smallest absolute Gasteiger partial charge is 0.306 e. The average molecular weight is 607 g/mol. The third kappa shape index (κ3) is 33.1. The zero-order valence-electron chi connectivity index (χ0n) is 28.5. The molecule has 0 aliphatic carbocycles. The number of allylic oxidation sites excluding steroid dienone is 4. The second-order valence-electron chi connectivity index (χ2n) is 12.3. The van der Waals surface area contributed by atoms with E-state index >= 15 is 0 Å². The monoisotopic (exact) mass is 607 g/mol. The van der Waals surface area contributed by atoms with E-state index in [0.717, 1.165) is 44.9 Å². The topological polar surface area (TPSA) is 72.8 Å². The van der Waals surface area contributed by atoms with Crippen LogP contribution >= 0.6 is 0 Å². The lowest BCUT2D eigenvalue weighted by atomic mass is 10.0. The summed E-state index contributed by atoms with van der Waals surface area (Å²) in [6.45, 7) is 4.06. The maximum Gasteiger partial charge on any atom is 0.306 e. The van der Waals surface area contributed by atoms with Gasteiger partial charge >= 0.3 is 11.9 Å². The molecule has 43 heavy (non-hydrogen) atoms.